The highest BCUT2D eigenvalue weighted by molar-refractivity contribution is 9.09. The van der Waals surface area contributed by atoms with Crippen molar-refractivity contribution in [3.05, 3.63) is 90.0 Å². The molecule has 0 saturated carbocycles. The Kier molecular flexibility index (Phi) is 11.7. The van der Waals surface area contributed by atoms with E-state index in [-0.39, 0.29) is 31.0 Å². The molecule has 3 fully saturated rings. The first-order valence-corrected chi connectivity index (χ1v) is 17.9. The molecule has 5 rings (SSSR count). The van der Waals surface area contributed by atoms with Gasteiger partial charge in [-0.25, -0.2) is 0 Å². The number of esters is 1. The van der Waals surface area contributed by atoms with Crippen molar-refractivity contribution < 1.29 is 33.8 Å². The number of hydrogen-bond acceptors (Lipinski definition) is 7. The Hall–Kier alpha value is -3.51. The van der Waals surface area contributed by atoms with Gasteiger partial charge in [0.15, 0.2) is 0 Å². The first-order chi connectivity index (χ1) is 23.5. The van der Waals surface area contributed by atoms with Gasteiger partial charge >= 0.3 is 5.97 Å². The van der Waals surface area contributed by atoms with Gasteiger partial charge in [-0.05, 0) is 43.4 Å². The molecule has 3 amide bonds. The predicted octanol–water partition coefficient (Wildman–Crippen LogP) is 5.05. The maximum absolute atomic E-state index is 14.9. The second-order valence-corrected chi connectivity index (χ2v) is 14.4. The molecule has 3 heterocycles. The van der Waals surface area contributed by atoms with Crippen molar-refractivity contribution >= 4 is 56.9 Å². The fraction of sp³-hybridized carbons (Fsp3) is 0.459. The molecule has 2 aromatic carbocycles. The Labute approximate surface area is 300 Å². The number of nitrogens with one attached hydrogen (secondary N) is 1. The van der Waals surface area contributed by atoms with E-state index in [9.17, 15) is 24.3 Å². The van der Waals surface area contributed by atoms with Gasteiger partial charge in [-0.3, -0.25) is 19.2 Å². The molecule has 12 heteroatoms. The van der Waals surface area contributed by atoms with Crippen molar-refractivity contribution in [3.63, 3.8) is 0 Å². The summed E-state index contributed by atoms with van der Waals surface area (Å²) in [5.41, 5.74) is 0.594. The first-order valence-electron chi connectivity index (χ1n) is 16.6. The van der Waals surface area contributed by atoms with Crippen LogP contribution in [-0.2, 0) is 28.7 Å². The molecule has 2 aromatic rings. The van der Waals surface area contributed by atoms with Crippen molar-refractivity contribution in [2.24, 2.45) is 11.8 Å². The highest BCUT2D eigenvalue weighted by Gasteiger charge is 2.77. The summed E-state index contributed by atoms with van der Waals surface area (Å²) < 4.78 is 12.2. The Balaban J connectivity index is 1.53. The van der Waals surface area contributed by atoms with Crippen LogP contribution in [0.3, 0.4) is 0 Å². The highest BCUT2D eigenvalue weighted by Crippen LogP contribution is 2.61. The second kappa shape index (κ2) is 15.6. The van der Waals surface area contributed by atoms with Gasteiger partial charge in [-0.1, -0.05) is 89.1 Å². The molecule has 262 valence electrons. The number of para-hydroxylation sites is 1. The van der Waals surface area contributed by atoms with Gasteiger partial charge in [0.1, 0.15) is 18.2 Å². The fourth-order valence-corrected chi connectivity index (χ4v) is 8.90. The number of nitrogens with zero attached hydrogens (tertiary/aromatic N) is 2. The monoisotopic (exact) mass is 755 g/mol. The maximum atomic E-state index is 14.9. The lowest BCUT2D eigenvalue weighted by Crippen LogP contribution is -2.59. The van der Waals surface area contributed by atoms with Crippen LogP contribution in [0.15, 0.2) is 73.8 Å². The van der Waals surface area contributed by atoms with E-state index in [1.54, 1.807) is 24.3 Å². The number of aryl methyl sites for hydroxylation is 1. The van der Waals surface area contributed by atoms with Gasteiger partial charge < -0.3 is 29.7 Å². The number of carbonyl (C=O) groups is 4. The van der Waals surface area contributed by atoms with E-state index in [2.05, 4.69) is 34.4 Å². The molecule has 3 saturated heterocycles. The minimum Gasteiger partial charge on any atom is -0.463 e. The number of halogens is 2. The summed E-state index contributed by atoms with van der Waals surface area (Å²) >= 11 is 10.4. The lowest BCUT2D eigenvalue weighted by molar-refractivity contribution is -0.146. The Bertz CT molecular complexity index is 1570. The second-order valence-electron chi connectivity index (χ2n) is 12.8. The number of amides is 3. The number of likely N-dealkylation sites (tertiary alicyclic amines) is 1. The van der Waals surface area contributed by atoms with Gasteiger partial charge in [-0.2, -0.15) is 0 Å². The Morgan fingerprint density at radius 3 is 2.57 bits per heavy atom. The predicted molar refractivity (Wildman–Crippen MR) is 190 cm³/mol. The summed E-state index contributed by atoms with van der Waals surface area (Å²) in [4.78, 5) is 58.9. The zero-order valence-electron chi connectivity index (χ0n) is 27.7. The number of aliphatic hydroxyl groups is 1. The van der Waals surface area contributed by atoms with Crippen LogP contribution in [0.25, 0.3) is 0 Å². The average Bonchev–Trinajstić information content (AvgIpc) is 3.69. The number of fused-ring (bicyclic) bond motifs is 1. The van der Waals surface area contributed by atoms with E-state index < -0.39 is 65.4 Å². The number of benzene rings is 2. The normalized spacial score (nSPS) is 26.5. The van der Waals surface area contributed by atoms with Crippen LogP contribution in [0.5, 0.6) is 0 Å². The van der Waals surface area contributed by atoms with Crippen LogP contribution in [0.4, 0.5) is 5.69 Å². The summed E-state index contributed by atoms with van der Waals surface area (Å²) in [6.45, 7) is 10.8. The number of aliphatic hydroxyl groups excluding tert-OH is 1. The number of carbonyl (C=O) groups excluding carboxylic acids is 4. The van der Waals surface area contributed by atoms with Crippen molar-refractivity contribution in [2.75, 3.05) is 24.7 Å². The number of allylic oxidation sites excluding steroid dienone is 1. The van der Waals surface area contributed by atoms with Crippen LogP contribution >= 0.6 is 27.5 Å². The number of hydrogen-bond donors (Lipinski definition) is 2. The van der Waals surface area contributed by atoms with E-state index in [1.807, 2.05) is 50.2 Å². The van der Waals surface area contributed by atoms with Gasteiger partial charge in [-0.15, -0.1) is 13.2 Å². The van der Waals surface area contributed by atoms with Crippen LogP contribution in [-0.4, -0.2) is 82.1 Å². The standard InChI is InChI=1S/C37H43BrClN3O7/c1-5-8-17-28(44)48-21-27(23-14-10-9-11-15-23)40-34(45)29-30-35(46)42(24(7-3)20-43)33(37(30)19-25(38)32(29)49-37)36(47)41(18-6-2)31-22(4)13-12-16-26(31)39/h5-6,9-16,24-25,27,29-30,32-33,43H,1-2,7-8,17-21H2,3-4H3,(H,40,45)/t24-,25?,27+,29+,30-,32+,33+,37-/m0/s1. The van der Waals surface area contributed by atoms with Crippen molar-refractivity contribution in [2.45, 2.75) is 74.2 Å². The van der Waals surface area contributed by atoms with Crippen LogP contribution in [0, 0.1) is 18.8 Å². The van der Waals surface area contributed by atoms with Crippen molar-refractivity contribution in [1.29, 1.82) is 0 Å². The van der Waals surface area contributed by atoms with E-state index in [0.717, 1.165) is 11.1 Å². The number of alkyl halides is 1. The SMILES string of the molecule is C=CCCC(=O)OC[C@@H](NC(=O)[C@H]1[C@@H]2O[C@@]3(CC2Br)[C@@H]1C(=O)N([C@@H](CC)CO)[C@@H]3C(=O)N(CC=C)c1c(C)cccc1Cl)c1ccccc1. The maximum Gasteiger partial charge on any atom is 0.306 e. The smallest absolute Gasteiger partial charge is 0.306 e. The third-order valence-corrected chi connectivity index (χ3v) is 11.0. The summed E-state index contributed by atoms with van der Waals surface area (Å²) in [5.74, 6) is -3.73. The zero-order chi connectivity index (χ0) is 35.5. The molecular weight excluding hydrogens is 714 g/mol. The third-order valence-electron chi connectivity index (χ3n) is 9.86. The van der Waals surface area contributed by atoms with Crippen LogP contribution < -0.4 is 10.2 Å². The van der Waals surface area contributed by atoms with Crippen molar-refractivity contribution in [3.8, 4) is 0 Å². The van der Waals surface area contributed by atoms with E-state index in [4.69, 9.17) is 21.1 Å². The number of anilines is 1. The molecule has 49 heavy (non-hydrogen) atoms. The zero-order valence-corrected chi connectivity index (χ0v) is 30.1. The Morgan fingerprint density at radius 2 is 1.94 bits per heavy atom. The van der Waals surface area contributed by atoms with E-state index in [1.165, 1.54) is 9.80 Å². The van der Waals surface area contributed by atoms with Crippen LogP contribution in [0.2, 0.25) is 5.02 Å². The molecule has 2 N–H and O–H groups in total. The van der Waals surface area contributed by atoms with E-state index >= 15 is 0 Å². The topological polar surface area (TPSA) is 125 Å². The molecule has 1 spiro atoms. The molecule has 2 bridgehead atoms. The van der Waals surface area contributed by atoms with E-state index in [0.29, 0.717) is 30.0 Å². The molecule has 3 aliphatic rings. The molecule has 0 aliphatic carbocycles. The largest absolute Gasteiger partial charge is 0.463 e. The lowest BCUT2D eigenvalue weighted by atomic mass is 9.70. The average molecular weight is 757 g/mol. The minimum atomic E-state index is -1.37. The fourth-order valence-electron chi connectivity index (χ4n) is 7.63. The van der Waals surface area contributed by atoms with Crippen LogP contribution in [0.1, 0.15) is 49.8 Å². The number of rotatable bonds is 15. The number of ether oxygens (including phenoxy) is 2. The third kappa shape index (κ3) is 6.82. The minimum absolute atomic E-state index is 0.105. The molecule has 0 aromatic heterocycles. The van der Waals surface area contributed by atoms with Gasteiger partial charge in [0, 0.05) is 17.8 Å². The molecule has 3 aliphatic heterocycles. The van der Waals surface area contributed by atoms with Gasteiger partial charge in [0.2, 0.25) is 11.8 Å². The quantitative estimate of drug-likeness (QED) is 0.148. The molecule has 8 atom stereocenters. The Morgan fingerprint density at radius 1 is 1.20 bits per heavy atom. The van der Waals surface area contributed by atoms with Crippen molar-refractivity contribution in [1.82, 2.24) is 10.2 Å². The summed E-state index contributed by atoms with van der Waals surface area (Å²) in [6, 6.07) is 11.9. The summed E-state index contributed by atoms with van der Waals surface area (Å²) in [6.07, 6.45) is 3.78. The lowest BCUT2D eigenvalue weighted by Gasteiger charge is -2.39. The van der Waals surface area contributed by atoms with Gasteiger partial charge in [0.25, 0.3) is 5.91 Å². The molecular formula is C37H43BrClN3O7. The highest BCUT2D eigenvalue weighted by atomic mass is 79.9. The summed E-state index contributed by atoms with van der Waals surface area (Å²) in [5, 5.41) is 13.9. The van der Waals surface area contributed by atoms with Gasteiger partial charge in [0.05, 0.1) is 47.3 Å². The first kappa shape index (κ1) is 36.8. The molecule has 1 unspecified atom stereocenters. The molecule has 10 nitrogen and oxygen atoms in total. The molecule has 0 radical (unpaired) electrons. The summed E-state index contributed by atoms with van der Waals surface area (Å²) in [7, 11) is 0.